The number of Topliss-reactive ketones (excluding diaryl/α,β-unsaturated/α-hetero) is 1. The number of carbonyl (C=O) groups is 3. The summed E-state index contributed by atoms with van der Waals surface area (Å²) in [6.45, 7) is 1.92. The van der Waals surface area contributed by atoms with Gasteiger partial charge >= 0.3 is 0 Å². The molecule has 0 saturated carbocycles. The first-order valence-electron chi connectivity index (χ1n) is 9.97. The standard InChI is InChI=1S/C24H21N3O3S/c1-16(28)17-10-12-18(13-11-17)26-22(29)9-5-15-27-20-7-2-3-8-21(20)31-23-19(24(27)30)6-4-14-25-23/h2-4,6-8,10-14H,5,9,15H2,1H3,(H,26,29). The number of benzene rings is 2. The van der Waals surface area contributed by atoms with E-state index in [4.69, 9.17) is 0 Å². The van der Waals surface area contributed by atoms with Crippen molar-refractivity contribution in [3.05, 3.63) is 78.0 Å². The van der Waals surface area contributed by atoms with Crippen LogP contribution in [0.3, 0.4) is 0 Å². The molecule has 0 aliphatic carbocycles. The predicted octanol–water partition coefficient (Wildman–Crippen LogP) is 4.81. The van der Waals surface area contributed by atoms with E-state index in [1.807, 2.05) is 24.3 Å². The average molecular weight is 432 g/mol. The molecule has 0 bridgehead atoms. The highest BCUT2D eigenvalue weighted by Gasteiger charge is 2.27. The number of carbonyl (C=O) groups excluding carboxylic acids is 3. The Kier molecular flexibility index (Phi) is 6.13. The number of amides is 2. The monoisotopic (exact) mass is 431 g/mol. The molecule has 6 nitrogen and oxygen atoms in total. The van der Waals surface area contributed by atoms with Crippen molar-refractivity contribution >= 4 is 40.7 Å². The van der Waals surface area contributed by atoms with Crippen LogP contribution in [0.15, 0.2) is 76.8 Å². The number of ketones is 1. The lowest BCUT2D eigenvalue weighted by molar-refractivity contribution is -0.116. The summed E-state index contributed by atoms with van der Waals surface area (Å²) in [4.78, 5) is 44.0. The molecule has 7 heteroatoms. The molecule has 156 valence electrons. The number of rotatable bonds is 6. The lowest BCUT2D eigenvalue weighted by atomic mass is 10.1. The number of anilines is 2. The van der Waals surface area contributed by atoms with E-state index in [2.05, 4.69) is 10.3 Å². The Hall–Kier alpha value is -3.45. The summed E-state index contributed by atoms with van der Waals surface area (Å²) < 4.78 is 0. The van der Waals surface area contributed by atoms with E-state index in [9.17, 15) is 14.4 Å². The SMILES string of the molecule is CC(=O)c1ccc(NC(=O)CCCN2C(=O)c3cccnc3Sc3ccccc32)cc1. The first-order valence-corrected chi connectivity index (χ1v) is 10.8. The number of hydrogen-bond acceptors (Lipinski definition) is 5. The Morgan fingerprint density at radius 1 is 1.03 bits per heavy atom. The van der Waals surface area contributed by atoms with Crippen LogP contribution in [0.5, 0.6) is 0 Å². The third kappa shape index (κ3) is 4.67. The molecule has 0 spiro atoms. The fourth-order valence-electron chi connectivity index (χ4n) is 3.39. The van der Waals surface area contributed by atoms with Crippen LogP contribution in [-0.2, 0) is 4.79 Å². The number of nitrogens with one attached hydrogen (secondary N) is 1. The molecule has 2 aromatic carbocycles. The third-order valence-electron chi connectivity index (χ3n) is 4.97. The quantitative estimate of drug-likeness (QED) is 0.567. The van der Waals surface area contributed by atoms with Crippen LogP contribution in [0.25, 0.3) is 0 Å². The number of para-hydroxylation sites is 1. The smallest absolute Gasteiger partial charge is 0.261 e. The van der Waals surface area contributed by atoms with Gasteiger partial charge in [-0.25, -0.2) is 4.98 Å². The van der Waals surface area contributed by atoms with E-state index in [0.29, 0.717) is 34.8 Å². The minimum Gasteiger partial charge on any atom is -0.326 e. The summed E-state index contributed by atoms with van der Waals surface area (Å²) in [5.41, 5.74) is 2.64. The van der Waals surface area contributed by atoms with Crippen LogP contribution in [-0.4, -0.2) is 29.1 Å². The maximum atomic E-state index is 13.2. The molecule has 0 radical (unpaired) electrons. The van der Waals surface area contributed by atoms with Crippen molar-refractivity contribution in [1.29, 1.82) is 0 Å². The first-order chi connectivity index (χ1) is 15.0. The predicted molar refractivity (Wildman–Crippen MR) is 121 cm³/mol. The minimum absolute atomic E-state index is 0.0183. The zero-order valence-electron chi connectivity index (χ0n) is 17.0. The lowest BCUT2D eigenvalue weighted by Crippen LogP contribution is -2.32. The average Bonchev–Trinajstić information content (AvgIpc) is 2.89. The van der Waals surface area contributed by atoms with Gasteiger partial charge in [0, 0.05) is 35.3 Å². The van der Waals surface area contributed by atoms with Gasteiger partial charge in [0.15, 0.2) is 5.78 Å². The van der Waals surface area contributed by atoms with Gasteiger partial charge in [-0.05, 0) is 61.9 Å². The summed E-state index contributed by atoms with van der Waals surface area (Å²) in [6.07, 6.45) is 2.47. The molecule has 2 heterocycles. The number of nitrogens with zero attached hydrogens (tertiary/aromatic N) is 2. The van der Waals surface area contributed by atoms with Crippen molar-refractivity contribution in [3.8, 4) is 0 Å². The van der Waals surface area contributed by atoms with Crippen molar-refractivity contribution in [1.82, 2.24) is 4.98 Å². The Bertz CT molecular complexity index is 1140. The zero-order chi connectivity index (χ0) is 21.8. The summed E-state index contributed by atoms with van der Waals surface area (Å²) in [6, 6.07) is 18.1. The van der Waals surface area contributed by atoms with Crippen molar-refractivity contribution in [2.45, 2.75) is 29.7 Å². The first kappa shape index (κ1) is 20.8. The topological polar surface area (TPSA) is 79.4 Å². The van der Waals surface area contributed by atoms with Crippen LogP contribution in [0.1, 0.15) is 40.5 Å². The molecule has 1 aliphatic rings. The minimum atomic E-state index is -0.137. The molecule has 1 aromatic heterocycles. The Balaban J connectivity index is 1.43. The number of aromatic nitrogens is 1. The normalized spacial score (nSPS) is 12.5. The molecule has 0 atom stereocenters. The summed E-state index contributed by atoms with van der Waals surface area (Å²) in [7, 11) is 0. The van der Waals surface area contributed by atoms with Crippen molar-refractivity contribution in [3.63, 3.8) is 0 Å². The maximum Gasteiger partial charge on any atom is 0.261 e. The second-order valence-electron chi connectivity index (χ2n) is 7.17. The van der Waals surface area contributed by atoms with Crippen LogP contribution in [0.4, 0.5) is 11.4 Å². The largest absolute Gasteiger partial charge is 0.326 e. The number of hydrogen-bond donors (Lipinski definition) is 1. The molecule has 3 aromatic rings. The van der Waals surface area contributed by atoms with E-state index in [1.165, 1.54) is 18.7 Å². The molecular weight excluding hydrogens is 410 g/mol. The van der Waals surface area contributed by atoms with E-state index in [1.54, 1.807) is 47.5 Å². The third-order valence-corrected chi connectivity index (χ3v) is 6.05. The highest BCUT2D eigenvalue weighted by Crippen LogP contribution is 2.40. The summed E-state index contributed by atoms with van der Waals surface area (Å²) in [5, 5.41) is 3.53. The molecule has 0 unspecified atom stereocenters. The second kappa shape index (κ2) is 9.14. The molecule has 0 saturated heterocycles. The van der Waals surface area contributed by atoms with Gasteiger partial charge in [-0.3, -0.25) is 14.4 Å². The second-order valence-corrected chi connectivity index (χ2v) is 8.20. The molecule has 1 aliphatic heterocycles. The highest BCUT2D eigenvalue weighted by atomic mass is 32.2. The van der Waals surface area contributed by atoms with Gasteiger partial charge in [0.05, 0.1) is 11.3 Å². The van der Waals surface area contributed by atoms with E-state index >= 15 is 0 Å². The summed E-state index contributed by atoms with van der Waals surface area (Å²) in [5.74, 6) is -0.265. The highest BCUT2D eigenvalue weighted by molar-refractivity contribution is 7.99. The molecule has 1 N–H and O–H groups in total. The van der Waals surface area contributed by atoms with E-state index in [-0.39, 0.29) is 24.0 Å². The van der Waals surface area contributed by atoms with Gasteiger partial charge < -0.3 is 10.2 Å². The number of fused-ring (bicyclic) bond motifs is 2. The Morgan fingerprint density at radius 2 is 1.81 bits per heavy atom. The van der Waals surface area contributed by atoms with Gasteiger partial charge in [0.25, 0.3) is 5.91 Å². The van der Waals surface area contributed by atoms with Crippen molar-refractivity contribution in [2.24, 2.45) is 0 Å². The van der Waals surface area contributed by atoms with Crippen LogP contribution < -0.4 is 10.2 Å². The fourth-order valence-corrected chi connectivity index (χ4v) is 4.41. The molecule has 31 heavy (non-hydrogen) atoms. The zero-order valence-corrected chi connectivity index (χ0v) is 17.8. The number of pyridine rings is 1. The molecule has 2 amide bonds. The van der Waals surface area contributed by atoms with Gasteiger partial charge in [0.2, 0.25) is 5.91 Å². The fraction of sp³-hybridized carbons (Fsp3) is 0.167. The maximum absolute atomic E-state index is 13.2. The van der Waals surface area contributed by atoms with Crippen LogP contribution >= 0.6 is 11.8 Å². The van der Waals surface area contributed by atoms with Gasteiger partial charge in [0.1, 0.15) is 5.03 Å². The van der Waals surface area contributed by atoms with Crippen LogP contribution in [0.2, 0.25) is 0 Å². The molecule has 4 rings (SSSR count). The molecular formula is C24H21N3O3S. The van der Waals surface area contributed by atoms with Crippen LogP contribution in [0, 0.1) is 0 Å². The molecule has 0 fully saturated rings. The van der Waals surface area contributed by atoms with Gasteiger partial charge in [-0.15, -0.1) is 0 Å². The Morgan fingerprint density at radius 3 is 2.58 bits per heavy atom. The van der Waals surface area contributed by atoms with E-state index in [0.717, 1.165) is 10.6 Å². The van der Waals surface area contributed by atoms with Crippen molar-refractivity contribution in [2.75, 3.05) is 16.8 Å². The van der Waals surface area contributed by atoms with Crippen molar-refractivity contribution < 1.29 is 14.4 Å². The summed E-state index contributed by atoms with van der Waals surface area (Å²) >= 11 is 1.48. The van der Waals surface area contributed by atoms with Gasteiger partial charge in [-0.2, -0.15) is 0 Å². The van der Waals surface area contributed by atoms with E-state index < -0.39 is 0 Å². The van der Waals surface area contributed by atoms with Gasteiger partial charge in [-0.1, -0.05) is 23.9 Å². The Labute approximate surface area is 184 Å². The lowest BCUT2D eigenvalue weighted by Gasteiger charge is -2.22.